The summed E-state index contributed by atoms with van der Waals surface area (Å²) in [7, 11) is 0. The molecule has 1 saturated heterocycles. The second-order valence-corrected chi connectivity index (χ2v) is 6.06. The van der Waals surface area contributed by atoms with Gasteiger partial charge in [0.15, 0.2) is 0 Å². The molecule has 3 rings (SSSR count). The van der Waals surface area contributed by atoms with Crippen molar-refractivity contribution in [1.29, 1.82) is 0 Å². The molecule has 0 spiro atoms. The first-order chi connectivity index (χ1) is 11.4. The number of aromatic nitrogens is 1. The molecule has 2 aromatic rings. The number of amides is 2. The van der Waals surface area contributed by atoms with Crippen molar-refractivity contribution < 1.29 is 14.0 Å². The molecule has 0 unspecified atom stereocenters. The topological polar surface area (TPSA) is 62.3 Å². The molecule has 5 nitrogen and oxygen atoms in total. The van der Waals surface area contributed by atoms with Crippen molar-refractivity contribution in [3.63, 3.8) is 0 Å². The van der Waals surface area contributed by atoms with Crippen molar-refractivity contribution in [3.8, 4) is 0 Å². The van der Waals surface area contributed by atoms with E-state index in [1.165, 1.54) is 23.1 Å². The fraction of sp³-hybridized carbons (Fsp3) is 0.235. The standard InChI is InChI=1S/C17H15ClFN3O2/c1-10-3-2-4-15(20-10)21-17(24)11-7-16(23)22(9-11)12-5-6-14(19)13(18)8-12/h2-6,8,11H,7,9H2,1H3,(H,20,21,24)/t11-/m1/s1. The van der Waals surface area contributed by atoms with Gasteiger partial charge in [-0.3, -0.25) is 9.59 Å². The molecule has 7 heteroatoms. The van der Waals surface area contributed by atoms with E-state index in [4.69, 9.17) is 11.6 Å². The van der Waals surface area contributed by atoms with Crippen LogP contribution in [-0.4, -0.2) is 23.3 Å². The second kappa shape index (κ2) is 6.57. The van der Waals surface area contributed by atoms with Gasteiger partial charge in [0.05, 0.1) is 10.9 Å². The third-order valence-electron chi connectivity index (χ3n) is 3.85. The SMILES string of the molecule is Cc1cccc(NC(=O)[C@@H]2CC(=O)N(c3ccc(F)c(Cl)c3)C2)n1. The van der Waals surface area contributed by atoms with Crippen molar-refractivity contribution >= 4 is 34.9 Å². The fourth-order valence-electron chi connectivity index (χ4n) is 2.63. The number of carbonyl (C=O) groups is 2. The normalized spacial score (nSPS) is 17.2. The highest BCUT2D eigenvalue weighted by atomic mass is 35.5. The van der Waals surface area contributed by atoms with Crippen LogP contribution in [0.4, 0.5) is 15.9 Å². The lowest BCUT2D eigenvalue weighted by Crippen LogP contribution is -2.28. The summed E-state index contributed by atoms with van der Waals surface area (Å²) in [6.07, 6.45) is 0.0899. The Hall–Kier alpha value is -2.47. The number of pyridine rings is 1. The van der Waals surface area contributed by atoms with Gasteiger partial charge in [0, 0.05) is 24.3 Å². The van der Waals surface area contributed by atoms with Crippen LogP contribution in [0, 0.1) is 18.7 Å². The number of rotatable bonds is 3. The lowest BCUT2D eigenvalue weighted by Gasteiger charge is -2.17. The Morgan fingerprint density at radius 3 is 2.88 bits per heavy atom. The average molecular weight is 348 g/mol. The zero-order valence-electron chi connectivity index (χ0n) is 12.9. The molecule has 1 fully saturated rings. The molecule has 1 atom stereocenters. The highest BCUT2D eigenvalue weighted by Gasteiger charge is 2.35. The molecule has 0 radical (unpaired) electrons. The molecule has 2 amide bonds. The van der Waals surface area contributed by atoms with E-state index in [9.17, 15) is 14.0 Å². The maximum Gasteiger partial charge on any atom is 0.230 e. The first-order valence-electron chi connectivity index (χ1n) is 7.44. The van der Waals surface area contributed by atoms with Gasteiger partial charge in [0.25, 0.3) is 0 Å². The van der Waals surface area contributed by atoms with E-state index in [1.54, 1.807) is 12.1 Å². The predicted octanol–water partition coefficient (Wildman–Crippen LogP) is 3.17. The Morgan fingerprint density at radius 1 is 1.38 bits per heavy atom. The predicted molar refractivity (Wildman–Crippen MR) is 89.5 cm³/mol. The quantitative estimate of drug-likeness (QED) is 0.927. The van der Waals surface area contributed by atoms with E-state index in [1.807, 2.05) is 13.0 Å². The van der Waals surface area contributed by atoms with Gasteiger partial charge >= 0.3 is 0 Å². The van der Waals surface area contributed by atoms with Crippen LogP contribution >= 0.6 is 11.6 Å². The summed E-state index contributed by atoms with van der Waals surface area (Å²) >= 11 is 5.76. The highest BCUT2D eigenvalue weighted by Crippen LogP contribution is 2.29. The molecule has 1 N–H and O–H groups in total. The van der Waals surface area contributed by atoms with Crippen LogP contribution in [0.1, 0.15) is 12.1 Å². The molecule has 1 aromatic carbocycles. The highest BCUT2D eigenvalue weighted by molar-refractivity contribution is 6.31. The van der Waals surface area contributed by atoms with E-state index in [0.717, 1.165) is 5.69 Å². The monoisotopic (exact) mass is 347 g/mol. The van der Waals surface area contributed by atoms with Crippen molar-refractivity contribution in [2.24, 2.45) is 5.92 Å². The molecule has 1 aliphatic heterocycles. The van der Waals surface area contributed by atoms with Gasteiger partial charge in [-0.2, -0.15) is 0 Å². The summed E-state index contributed by atoms with van der Waals surface area (Å²) in [6, 6.07) is 9.38. The molecule has 124 valence electrons. The molecule has 1 aromatic heterocycles. The van der Waals surface area contributed by atoms with Crippen LogP contribution in [0.3, 0.4) is 0 Å². The maximum absolute atomic E-state index is 13.3. The van der Waals surface area contributed by atoms with Crippen LogP contribution in [0.2, 0.25) is 5.02 Å². The number of carbonyl (C=O) groups excluding carboxylic acids is 2. The molecular weight excluding hydrogens is 333 g/mol. The third kappa shape index (κ3) is 3.38. The summed E-state index contributed by atoms with van der Waals surface area (Å²) in [6.45, 7) is 2.05. The van der Waals surface area contributed by atoms with Crippen molar-refractivity contribution in [1.82, 2.24) is 4.98 Å². The molecule has 0 aliphatic carbocycles. The van der Waals surface area contributed by atoms with E-state index in [0.29, 0.717) is 11.5 Å². The number of anilines is 2. The zero-order chi connectivity index (χ0) is 17.3. The van der Waals surface area contributed by atoms with Crippen molar-refractivity contribution in [3.05, 3.63) is 52.9 Å². The van der Waals surface area contributed by atoms with E-state index < -0.39 is 11.7 Å². The Morgan fingerprint density at radius 2 is 2.17 bits per heavy atom. The number of benzene rings is 1. The van der Waals surface area contributed by atoms with Gasteiger partial charge < -0.3 is 10.2 Å². The maximum atomic E-state index is 13.3. The molecule has 0 bridgehead atoms. The number of halogens is 2. The van der Waals surface area contributed by atoms with Crippen LogP contribution in [0.25, 0.3) is 0 Å². The lowest BCUT2D eigenvalue weighted by atomic mass is 10.1. The molecule has 24 heavy (non-hydrogen) atoms. The minimum absolute atomic E-state index is 0.0582. The average Bonchev–Trinajstić information content (AvgIpc) is 2.92. The van der Waals surface area contributed by atoms with Gasteiger partial charge in [-0.05, 0) is 37.3 Å². The summed E-state index contributed by atoms with van der Waals surface area (Å²) in [4.78, 5) is 30.2. The number of nitrogens with zero attached hydrogens (tertiary/aromatic N) is 2. The summed E-state index contributed by atoms with van der Waals surface area (Å²) in [5.74, 6) is -1.06. The van der Waals surface area contributed by atoms with Gasteiger partial charge in [-0.1, -0.05) is 17.7 Å². The Labute approximate surface area is 143 Å². The smallest absolute Gasteiger partial charge is 0.230 e. The van der Waals surface area contributed by atoms with E-state index in [2.05, 4.69) is 10.3 Å². The van der Waals surface area contributed by atoms with Crippen LogP contribution < -0.4 is 10.2 Å². The van der Waals surface area contributed by atoms with Gasteiger partial charge in [0.2, 0.25) is 11.8 Å². The Kier molecular flexibility index (Phi) is 4.49. The molecule has 1 aliphatic rings. The minimum Gasteiger partial charge on any atom is -0.312 e. The molecule has 0 saturated carbocycles. The van der Waals surface area contributed by atoms with Gasteiger partial charge in [0.1, 0.15) is 11.6 Å². The summed E-state index contributed by atoms with van der Waals surface area (Å²) < 4.78 is 13.3. The van der Waals surface area contributed by atoms with Crippen LogP contribution in [-0.2, 0) is 9.59 Å². The van der Waals surface area contributed by atoms with Gasteiger partial charge in [-0.25, -0.2) is 9.37 Å². The zero-order valence-corrected chi connectivity index (χ0v) is 13.7. The number of hydrogen-bond donors (Lipinski definition) is 1. The summed E-state index contributed by atoms with van der Waals surface area (Å²) in [5.41, 5.74) is 1.27. The molecular formula is C17H15ClFN3O2. The molecule has 2 heterocycles. The number of hydrogen-bond acceptors (Lipinski definition) is 3. The fourth-order valence-corrected chi connectivity index (χ4v) is 2.80. The van der Waals surface area contributed by atoms with E-state index >= 15 is 0 Å². The second-order valence-electron chi connectivity index (χ2n) is 5.66. The van der Waals surface area contributed by atoms with Crippen molar-refractivity contribution in [2.75, 3.05) is 16.8 Å². The minimum atomic E-state index is -0.549. The van der Waals surface area contributed by atoms with Gasteiger partial charge in [-0.15, -0.1) is 0 Å². The Balaban J connectivity index is 1.72. The first kappa shape index (κ1) is 16.4. The first-order valence-corrected chi connectivity index (χ1v) is 7.82. The van der Waals surface area contributed by atoms with Crippen LogP contribution in [0.5, 0.6) is 0 Å². The lowest BCUT2D eigenvalue weighted by molar-refractivity contribution is -0.122. The summed E-state index contributed by atoms with van der Waals surface area (Å²) in [5, 5.41) is 2.66. The van der Waals surface area contributed by atoms with Crippen LogP contribution in [0.15, 0.2) is 36.4 Å². The number of nitrogens with one attached hydrogen (secondary N) is 1. The van der Waals surface area contributed by atoms with Crippen molar-refractivity contribution in [2.45, 2.75) is 13.3 Å². The number of aryl methyl sites for hydroxylation is 1. The largest absolute Gasteiger partial charge is 0.312 e. The third-order valence-corrected chi connectivity index (χ3v) is 4.14. The Bertz CT molecular complexity index is 812. The van der Waals surface area contributed by atoms with E-state index in [-0.39, 0.29) is 29.8 Å².